The molecule has 2 radical (unpaired) electrons. The molecule has 1 heterocycles. The fraction of sp³-hybridized carbons (Fsp3) is 0.875. The van der Waals surface area contributed by atoms with Crippen molar-refractivity contribution in [3.8, 4) is 0 Å². The van der Waals surface area contributed by atoms with Crippen molar-refractivity contribution in [2.75, 3.05) is 13.6 Å². The van der Waals surface area contributed by atoms with E-state index in [9.17, 15) is 4.79 Å². The van der Waals surface area contributed by atoms with Crippen molar-refractivity contribution in [3.63, 3.8) is 0 Å². The molecule has 1 fully saturated rings. The van der Waals surface area contributed by atoms with Gasteiger partial charge in [-0.1, -0.05) is 6.82 Å². The van der Waals surface area contributed by atoms with Crippen LogP contribution in [-0.2, 0) is 4.79 Å². The number of nitrogens with zero attached hydrogens (tertiary/aromatic N) is 1. The highest BCUT2D eigenvalue weighted by molar-refractivity contribution is 6.05. The zero-order valence-corrected chi connectivity index (χ0v) is 7.85. The predicted molar refractivity (Wildman–Crippen MR) is 48.0 cm³/mol. The van der Waals surface area contributed by atoms with Gasteiger partial charge in [0.1, 0.15) is 0 Å². The molecule has 62 valence electrons. The lowest BCUT2D eigenvalue weighted by molar-refractivity contribution is -0.123. The number of likely N-dealkylation sites (N-methyl/N-ethyl adjacent to an activating group) is 1. The Morgan fingerprint density at radius 1 is 1.45 bits per heavy atom. The standard InChI is InChI=1S/C7H13NO.CH3B/c1-7(2)6(9)4-5-8(7)3;1-2/h4-5H2,1-3H3;1H3. The van der Waals surface area contributed by atoms with E-state index in [-0.39, 0.29) is 5.54 Å². The molecule has 1 rings (SSSR count). The van der Waals surface area contributed by atoms with E-state index in [1.807, 2.05) is 20.9 Å². The van der Waals surface area contributed by atoms with Crippen LogP contribution in [0.1, 0.15) is 20.3 Å². The van der Waals surface area contributed by atoms with Gasteiger partial charge in [0.15, 0.2) is 5.78 Å². The largest absolute Gasteiger partial charge is 0.298 e. The van der Waals surface area contributed by atoms with Gasteiger partial charge in [-0.15, -0.1) is 0 Å². The maximum Gasteiger partial charge on any atom is 0.153 e. The van der Waals surface area contributed by atoms with Crippen molar-refractivity contribution in [2.45, 2.75) is 32.6 Å². The second-order valence-corrected chi connectivity index (χ2v) is 3.15. The van der Waals surface area contributed by atoms with Gasteiger partial charge in [0.2, 0.25) is 0 Å². The summed E-state index contributed by atoms with van der Waals surface area (Å²) in [4.78, 5) is 13.2. The lowest BCUT2D eigenvalue weighted by Crippen LogP contribution is -2.39. The maximum absolute atomic E-state index is 11.1. The van der Waals surface area contributed by atoms with E-state index < -0.39 is 0 Å². The van der Waals surface area contributed by atoms with E-state index in [0.29, 0.717) is 5.78 Å². The SMILES string of the molecule is CN1CCC(=O)C1(C)C.[B]C. The average molecular weight is 153 g/mol. The maximum atomic E-state index is 11.1. The number of rotatable bonds is 0. The molecule has 11 heavy (non-hydrogen) atoms. The van der Waals surface area contributed by atoms with Crippen molar-refractivity contribution in [3.05, 3.63) is 0 Å². The Bertz CT molecular complexity index is 145. The minimum absolute atomic E-state index is 0.194. The number of carbonyl (C=O) groups is 1. The topological polar surface area (TPSA) is 20.3 Å². The Morgan fingerprint density at radius 3 is 2.00 bits per heavy atom. The molecule has 0 aromatic heterocycles. The van der Waals surface area contributed by atoms with Crippen LogP contribution >= 0.6 is 0 Å². The lowest BCUT2D eigenvalue weighted by Gasteiger charge is -2.24. The number of hydrogen-bond donors (Lipinski definition) is 0. The molecular weight excluding hydrogens is 137 g/mol. The van der Waals surface area contributed by atoms with Crippen LogP contribution < -0.4 is 0 Å². The average Bonchev–Trinajstić information content (AvgIpc) is 2.21. The molecule has 3 heteroatoms. The Morgan fingerprint density at radius 2 is 1.91 bits per heavy atom. The van der Waals surface area contributed by atoms with Crippen LogP contribution in [0, 0.1) is 0 Å². The fourth-order valence-corrected chi connectivity index (χ4v) is 1.07. The zero-order chi connectivity index (χ0) is 9.07. The summed E-state index contributed by atoms with van der Waals surface area (Å²) in [7, 11) is 6.49. The fourth-order valence-electron chi connectivity index (χ4n) is 1.07. The number of likely N-dealkylation sites (tertiary alicyclic amines) is 1. The Labute approximate surface area is 70.4 Å². The van der Waals surface area contributed by atoms with Crippen LogP contribution in [0.25, 0.3) is 0 Å². The van der Waals surface area contributed by atoms with E-state index in [4.69, 9.17) is 0 Å². The van der Waals surface area contributed by atoms with Crippen LogP contribution in [-0.4, -0.2) is 37.7 Å². The first kappa shape index (κ1) is 10.7. The first-order chi connectivity index (χ1) is 5.05. The van der Waals surface area contributed by atoms with E-state index in [0.717, 1.165) is 13.0 Å². The minimum Gasteiger partial charge on any atom is -0.298 e. The molecule has 0 saturated carbocycles. The number of Topliss-reactive ketones (excluding diaryl/α,β-unsaturated/α-hetero) is 1. The van der Waals surface area contributed by atoms with E-state index >= 15 is 0 Å². The molecule has 0 aliphatic carbocycles. The molecule has 1 aliphatic heterocycles. The van der Waals surface area contributed by atoms with E-state index in [2.05, 4.69) is 12.7 Å². The summed E-state index contributed by atoms with van der Waals surface area (Å²) in [5.41, 5.74) is -0.194. The van der Waals surface area contributed by atoms with Gasteiger partial charge in [0.25, 0.3) is 0 Å². The molecule has 2 nitrogen and oxygen atoms in total. The number of hydrogen-bond acceptors (Lipinski definition) is 2. The molecule has 1 aliphatic rings. The molecule has 0 bridgehead atoms. The summed E-state index contributed by atoms with van der Waals surface area (Å²) >= 11 is 0. The molecule has 0 aromatic carbocycles. The summed E-state index contributed by atoms with van der Waals surface area (Å²) in [6.07, 6.45) is 0.726. The number of ketones is 1. The van der Waals surface area contributed by atoms with Gasteiger partial charge in [-0.25, -0.2) is 0 Å². The number of carbonyl (C=O) groups excluding carboxylic acids is 1. The van der Waals surface area contributed by atoms with Crippen LogP contribution in [0.15, 0.2) is 0 Å². The summed E-state index contributed by atoms with van der Waals surface area (Å²) in [6.45, 7) is 6.37. The van der Waals surface area contributed by atoms with Crippen LogP contribution in [0.4, 0.5) is 0 Å². The van der Waals surface area contributed by atoms with Crippen molar-refractivity contribution < 1.29 is 4.79 Å². The molecule has 1 saturated heterocycles. The van der Waals surface area contributed by atoms with Gasteiger partial charge in [0, 0.05) is 13.0 Å². The Hall–Kier alpha value is -0.305. The van der Waals surface area contributed by atoms with Gasteiger partial charge in [-0.2, -0.15) is 0 Å². The quantitative estimate of drug-likeness (QED) is 0.481. The second-order valence-electron chi connectivity index (χ2n) is 3.15. The summed E-state index contributed by atoms with van der Waals surface area (Å²) in [5.74, 6) is 0.366. The normalized spacial score (nSPS) is 22.7. The smallest absolute Gasteiger partial charge is 0.153 e. The molecule has 0 aromatic rings. The van der Waals surface area contributed by atoms with Crippen LogP contribution in [0.3, 0.4) is 0 Å². The van der Waals surface area contributed by atoms with Crippen LogP contribution in [0.2, 0.25) is 6.82 Å². The first-order valence-corrected chi connectivity index (χ1v) is 3.87. The third-order valence-electron chi connectivity index (χ3n) is 2.31. The third kappa shape index (κ3) is 2.06. The lowest BCUT2D eigenvalue weighted by atomic mass is 10.0. The second kappa shape index (κ2) is 3.91. The predicted octanol–water partition coefficient (Wildman–Crippen LogP) is 0.873. The molecule has 0 amide bonds. The molecule has 0 atom stereocenters. The van der Waals surface area contributed by atoms with Gasteiger partial charge in [0.05, 0.1) is 13.4 Å². The van der Waals surface area contributed by atoms with Gasteiger partial charge < -0.3 is 0 Å². The summed E-state index contributed by atoms with van der Waals surface area (Å²) in [5, 5.41) is 0. The van der Waals surface area contributed by atoms with Gasteiger partial charge in [-0.3, -0.25) is 9.69 Å². The molecule has 0 unspecified atom stereocenters. The monoisotopic (exact) mass is 153 g/mol. The summed E-state index contributed by atoms with van der Waals surface area (Å²) in [6, 6.07) is 0. The molecule has 0 spiro atoms. The summed E-state index contributed by atoms with van der Waals surface area (Å²) < 4.78 is 0. The Balaban J connectivity index is 0.000000461. The van der Waals surface area contributed by atoms with E-state index in [1.165, 1.54) is 6.82 Å². The minimum atomic E-state index is -0.194. The highest BCUT2D eigenvalue weighted by Gasteiger charge is 2.36. The third-order valence-corrected chi connectivity index (χ3v) is 2.31. The highest BCUT2D eigenvalue weighted by atomic mass is 16.1. The first-order valence-electron chi connectivity index (χ1n) is 3.87. The van der Waals surface area contributed by atoms with Gasteiger partial charge in [-0.05, 0) is 20.9 Å². The molecular formula is C8H16BNO. The molecule has 0 N–H and O–H groups in total. The van der Waals surface area contributed by atoms with Crippen molar-refractivity contribution in [2.24, 2.45) is 0 Å². The Kier molecular flexibility index (Phi) is 3.80. The van der Waals surface area contributed by atoms with Crippen molar-refractivity contribution >= 4 is 13.6 Å². The van der Waals surface area contributed by atoms with Crippen LogP contribution in [0.5, 0.6) is 0 Å². The zero-order valence-electron chi connectivity index (χ0n) is 7.85. The van der Waals surface area contributed by atoms with Gasteiger partial charge >= 0.3 is 0 Å². The van der Waals surface area contributed by atoms with E-state index in [1.54, 1.807) is 0 Å². The van der Waals surface area contributed by atoms with Crippen molar-refractivity contribution in [1.82, 2.24) is 4.90 Å². The van der Waals surface area contributed by atoms with Crippen molar-refractivity contribution in [1.29, 1.82) is 0 Å². The highest BCUT2D eigenvalue weighted by Crippen LogP contribution is 2.21.